The minimum absolute atomic E-state index is 0.0294. The Morgan fingerprint density at radius 3 is 1.88 bits per heavy atom. The highest BCUT2D eigenvalue weighted by Gasteiger charge is 2.48. The fourth-order valence-electron chi connectivity index (χ4n) is 3.47. The van der Waals surface area contributed by atoms with E-state index in [0.717, 1.165) is 28.3 Å². The first-order valence-electron chi connectivity index (χ1n) is 10.4. The van der Waals surface area contributed by atoms with Crippen LogP contribution < -0.4 is 5.32 Å². The quantitative estimate of drug-likeness (QED) is 0.590. The minimum Gasteiger partial charge on any atom is -0.426 e. The first kappa shape index (κ1) is 22.0. The van der Waals surface area contributed by atoms with Gasteiger partial charge in [-0.1, -0.05) is 91.0 Å². The number of carbonyl (C=O) groups excluding carboxylic acids is 3. The van der Waals surface area contributed by atoms with E-state index < -0.39 is 23.6 Å². The van der Waals surface area contributed by atoms with Gasteiger partial charge in [-0.15, -0.1) is 0 Å². The topological polar surface area (TPSA) is 84.9 Å². The normalized spacial score (nSPS) is 19.6. The van der Waals surface area contributed by atoms with Crippen molar-refractivity contribution >= 4 is 17.8 Å². The maximum absolute atomic E-state index is 14.0. The summed E-state index contributed by atoms with van der Waals surface area (Å²) in [5.74, 6) is -2.45. The van der Waals surface area contributed by atoms with E-state index >= 15 is 0 Å². The predicted octanol–water partition coefficient (Wildman–Crippen LogP) is 3.23. The molecule has 166 valence electrons. The molecule has 0 spiro atoms. The van der Waals surface area contributed by atoms with Crippen molar-refractivity contribution in [3.05, 3.63) is 120 Å². The maximum atomic E-state index is 14.0. The molecule has 1 atom stereocenters. The van der Waals surface area contributed by atoms with E-state index in [2.05, 4.69) is 5.32 Å². The van der Waals surface area contributed by atoms with Crippen molar-refractivity contribution in [2.45, 2.75) is 18.8 Å². The van der Waals surface area contributed by atoms with Gasteiger partial charge in [-0.3, -0.25) is 10.1 Å². The van der Waals surface area contributed by atoms with Crippen molar-refractivity contribution in [2.75, 3.05) is 0 Å². The smallest absolute Gasteiger partial charge is 0.356 e. The van der Waals surface area contributed by atoms with Gasteiger partial charge in [0.05, 0.1) is 6.54 Å². The Labute approximate surface area is 191 Å². The molecule has 0 aliphatic carbocycles. The number of amides is 1. The van der Waals surface area contributed by atoms with Crippen molar-refractivity contribution < 1.29 is 24.0 Å². The lowest BCUT2D eigenvalue weighted by Gasteiger charge is -2.35. The highest BCUT2D eigenvalue weighted by atomic mass is 16.7. The number of cyclic esters (lactones) is 1. The average molecular weight is 442 g/mol. The van der Waals surface area contributed by atoms with Crippen LogP contribution >= 0.6 is 0 Å². The summed E-state index contributed by atoms with van der Waals surface area (Å²) in [4.78, 5) is 44.2. The van der Waals surface area contributed by atoms with Crippen LogP contribution in [-0.2, 0) is 42.8 Å². The molecule has 33 heavy (non-hydrogen) atoms. The van der Waals surface area contributed by atoms with Crippen LogP contribution in [0.1, 0.15) is 16.7 Å². The molecule has 1 amide bonds. The highest BCUT2D eigenvalue weighted by Crippen LogP contribution is 2.29. The molecule has 1 unspecified atom stereocenters. The number of benzene rings is 3. The van der Waals surface area contributed by atoms with Gasteiger partial charge in [0, 0.05) is 24.3 Å². The molecule has 4 rings (SSSR count). The number of hydrogen-bond donors (Lipinski definition) is 1. The summed E-state index contributed by atoms with van der Waals surface area (Å²) >= 11 is 0. The average Bonchev–Trinajstić information content (AvgIpc) is 2.90. The van der Waals surface area contributed by atoms with Crippen molar-refractivity contribution in [1.82, 2.24) is 10.4 Å². The lowest BCUT2D eigenvalue weighted by Crippen LogP contribution is -2.57. The maximum Gasteiger partial charge on any atom is 0.356 e. The van der Waals surface area contributed by atoms with E-state index in [1.807, 2.05) is 48.5 Å². The van der Waals surface area contributed by atoms with E-state index in [9.17, 15) is 14.4 Å². The van der Waals surface area contributed by atoms with Gasteiger partial charge >= 0.3 is 17.8 Å². The van der Waals surface area contributed by atoms with Crippen LogP contribution in [-0.4, -0.2) is 22.9 Å². The zero-order valence-electron chi connectivity index (χ0n) is 17.7. The highest BCUT2D eigenvalue weighted by molar-refractivity contribution is 5.96. The van der Waals surface area contributed by atoms with Crippen molar-refractivity contribution in [2.24, 2.45) is 0 Å². The third-order valence-corrected chi connectivity index (χ3v) is 5.07. The second-order valence-electron chi connectivity index (χ2n) is 7.38. The lowest BCUT2D eigenvalue weighted by atomic mass is 10.00. The second-order valence-corrected chi connectivity index (χ2v) is 7.38. The first-order chi connectivity index (χ1) is 16.1. The molecule has 1 heterocycles. The fraction of sp³-hybridized carbons (Fsp3) is 0.115. The zero-order valence-corrected chi connectivity index (χ0v) is 17.7. The molecule has 3 aromatic carbocycles. The number of hydrogen-bond acceptors (Lipinski definition) is 6. The van der Waals surface area contributed by atoms with Crippen LogP contribution in [0.4, 0.5) is 0 Å². The van der Waals surface area contributed by atoms with Gasteiger partial charge < -0.3 is 9.57 Å². The summed E-state index contributed by atoms with van der Waals surface area (Å²) in [5.41, 5.74) is 0.0679. The summed E-state index contributed by atoms with van der Waals surface area (Å²) in [7, 11) is 0. The molecular weight excluding hydrogens is 420 g/mol. The fourth-order valence-corrected chi connectivity index (χ4v) is 3.47. The molecular formula is C26H22N2O5. The molecule has 1 N–H and O–H groups in total. The molecule has 0 saturated heterocycles. The molecule has 3 aromatic rings. The summed E-state index contributed by atoms with van der Waals surface area (Å²) in [6.45, 7) is 0.185. The molecule has 1 aliphatic heterocycles. The molecule has 7 heteroatoms. The van der Waals surface area contributed by atoms with Crippen LogP contribution in [0.2, 0.25) is 0 Å². The first-order valence-corrected chi connectivity index (χ1v) is 10.4. The Bertz CT molecular complexity index is 1150. The number of rotatable bonds is 6. The number of ether oxygens (including phenoxy) is 1. The molecule has 0 radical (unpaired) electrons. The number of nitrogens with one attached hydrogen (secondary N) is 1. The van der Waals surface area contributed by atoms with Gasteiger partial charge in [0.1, 0.15) is 0 Å². The molecule has 0 aromatic heterocycles. The zero-order chi connectivity index (χ0) is 23.1. The van der Waals surface area contributed by atoms with Gasteiger partial charge in [-0.05, 0) is 11.1 Å². The Morgan fingerprint density at radius 2 is 1.24 bits per heavy atom. The van der Waals surface area contributed by atoms with Gasteiger partial charge in [-0.25, -0.2) is 9.59 Å². The van der Waals surface area contributed by atoms with Gasteiger partial charge in [0.15, 0.2) is 0 Å². The van der Waals surface area contributed by atoms with Crippen molar-refractivity contribution in [1.29, 1.82) is 0 Å². The van der Waals surface area contributed by atoms with Crippen LogP contribution in [0.3, 0.4) is 0 Å². The van der Waals surface area contributed by atoms with Gasteiger partial charge in [0.2, 0.25) is 0 Å². The molecule has 0 saturated carbocycles. The third kappa shape index (κ3) is 5.16. The monoisotopic (exact) mass is 442 g/mol. The van der Waals surface area contributed by atoms with Gasteiger partial charge in [0.25, 0.3) is 5.72 Å². The summed E-state index contributed by atoms with van der Waals surface area (Å²) < 4.78 is 5.74. The SMILES string of the molecule is O=C1/C=C/C(=O)OC(NCc2ccccc2)(c2ccccc2)C(=O)N(Cc2ccccc2)O1. The molecule has 0 fully saturated rings. The number of hydroxylamine groups is 2. The Balaban J connectivity index is 1.79. The van der Waals surface area contributed by atoms with E-state index in [4.69, 9.17) is 9.57 Å². The summed E-state index contributed by atoms with van der Waals surface area (Å²) in [6, 6.07) is 27.1. The van der Waals surface area contributed by atoms with E-state index in [0.29, 0.717) is 5.56 Å². The largest absolute Gasteiger partial charge is 0.426 e. The Kier molecular flexibility index (Phi) is 6.61. The molecule has 0 bridgehead atoms. The summed E-state index contributed by atoms with van der Waals surface area (Å²) in [6.07, 6.45) is 1.88. The standard InChI is InChI=1S/C26H22N2O5/c29-23-16-17-24(30)33-28(19-21-12-6-2-7-13-21)25(31)26(32-23,22-14-8-3-9-15-22)27-18-20-10-4-1-5-11-20/h1-17,27H,18-19H2/b17-16+. The van der Waals surface area contributed by atoms with Crippen LogP contribution in [0, 0.1) is 0 Å². The van der Waals surface area contributed by atoms with Crippen LogP contribution in [0.25, 0.3) is 0 Å². The lowest BCUT2D eigenvalue weighted by molar-refractivity contribution is -0.215. The molecule has 1 aliphatic rings. The minimum atomic E-state index is -1.93. The number of carbonyl (C=O) groups is 3. The van der Waals surface area contributed by atoms with Crippen LogP contribution in [0.5, 0.6) is 0 Å². The Hall–Kier alpha value is -4.23. The summed E-state index contributed by atoms with van der Waals surface area (Å²) in [5, 5.41) is 4.04. The second kappa shape index (κ2) is 9.93. The van der Waals surface area contributed by atoms with Gasteiger partial charge in [-0.2, -0.15) is 5.06 Å². The van der Waals surface area contributed by atoms with Crippen LogP contribution in [0.15, 0.2) is 103 Å². The number of nitrogens with zero attached hydrogens (tertiary/aromatic N) is 1. The van der Waals surface area contributed by atoms with E-state index in [-0.39, 0.29) is 13.1 Å². The van der Waals surface area contributed by atoms with Crippen molar-refractivity contribution in [3.8, 4) is 0 Å². The predicted molar refractivity (Wildman–Crippen MR) is 120 cm³/mol. The van der Waals surface area contributed by atoms with E-state index in [1.165, 1.54) is 0 Å². The van der Waals surface area contributed by atoms with E-state index in [1.54, 1.807) is 42.5 Å². The Morgan fingerprint density at radius 1 is 0.697 bits per heavy atom. The number of esters is 1. The van der Waals surface area contributed by atoms with Crippen molar-refractivity contribution in [3.63, 3.8) is 0 Å². The third-order valence-electron chi connectivity index (χ3n) is 5.07. The molecule has 7 nitrogen and oxygen atoms in total.